The number of rotatable bonds is 3. The molecule has 1 aromatic carbocycles. The van der Waals surface area contributed by atoms with E-state index in [-0.39, 0.29) is 0 Å². The first kappa shape index (κ1) is 14.3. The van der Waals surface area contributed by atoms with Crippen molar-refractivity contribution >= 4 is 16.3 Å². The Labute approximate surface area is 139 Å². The molecule has 0 bridgehead atoms. The maximum Gasteiger partial charge on any atom is 0.194 e. The first-order chi connectivity index (χ1) is 11.3. The van der Waals surface area contributed by atoms with E-state index in [1.54, 1.807) is 18.4 Å². The summed E-state index contributed by atoms with van der Waals surface area (Å²) >= 11 is 1.78. The molecule has 0 saturated heterocycles. The van der Waals surface area contributed by atoms with Gasteiger partial charge in [-0.05, 0) is 49.9 Å². The quantitative estimate of drug-likeness (QED) is 0.731. The fourth-order valence-corrected chi connectivity index (χ4v) is 4.54. The number of ether oxygens (including phenoxy) is 1. The molecule has 0 N–H and O–H groups in total. The van der Waals surface area contributed by atoms with Gasteiger partial charge in [0, 0.05) is 16.1 Å². The van der Waals surface area contributed by atoms with Gasteiger partial charge in [-0.15, -0.1) is 11.3 Å². The molecule has 5 heteroatoms. The third-order valence-electron chi connectivity index (χ3n) is 4.43. The molecule has 0 saturated carbocycles. The highest BCUT2D eigenvalue weighted by molar-refractivity contribution is 7.17. The van der Waals surface area contributed by atoms with Crippen LogP contribution in [0.3, 0.4) is 0 Å². The Kier molecular flexibility index (Phi) is 3.55. The number of methoxy groups -OCH3 is 1. The highest BCUT2D eigenvalue weighted by Gasteiger charge is 2.22. The maximum atomic E-state index is 9.28. The Morgan fingerprint density at radius 2 is 2.04 bits per heavy atom. The van der Waals surface area contributed by atoms with Crippen molar-refractivity contribution in [1.82, 2.24) is 9.38 Å². The van der Waals surface area contributed by atoms with Crippen LogP contribution in [0, 0.1) is 11.3 Å². The summed E-state index contributed by atoms with van der Waals surface area (Å²) in [6.45, 7) is 0. The van der Waals surface area contributed by atoms with Gasteiger partial charge < -0.3 is 4.74 Å². The Hall–Kier alpha value is -2.32. The third kappa shape index (κ3) is 2.30. The van der Waals surface area contributed by atoms with Gasteiger partial charge in [-0.1, -0.05) is 0 Å². The predicted molar refractivity (Wildman–Crippen MR) is 91.0 cm³/mol. The van der Waals surface area contributed by atoms with Crippen LogP contribution in [0.5, 0.6) is 5.75 Å². The van der Waals surface area contributed by atoms with E-state index >= 15 is 0 Å². The van der Waals surface area contributed by atoms with Crippen LogP contribution in [0.2, 0.25) is 0 Å². The monoisotopic (exact) mass is 323 g/mol. The van der Waals surface area contributed by atoms with Gasteiger partial charge in [0.1, 0.15) is 5.75 Å². The van der Waals surface area contributed by atoms with Crippen LogP contribution in [0.1, 0.15) is 29.1 Å². The van der Waals surface area contributed by atoms with Crippen molar-refractivity contribution in [3.8, 4) is 23.1 Å². The van der Waals surface area contributed by atoms with Crippen molar-refractivity contribution in [2.45, 2.75) is 32.1 Å². The summed E-state index contributed by atoms with van der Waals surface area (Å²) in [7, 11) is 1.66. The van der Waals surface area contributed by atoms with E-state index in [9.17, 15) is 5.26 Å². The van der Waals surface area contributed by atoms with Gasteiger partial charge in [0.05, 0.1) is 31.0 Å². The van der Waals surface area contributed by atoms with E-state index in [0.717, 1.165) is 40.5 Å². The minimum atomic E-state index is 0.381. The molecule has 0 unspecified atom stereocenters. The molecule has 4 nitrogen and oxygen atoms in total. The SMILES string of the molecule is COc1ccc(-c2nc3sc4c(n3c2CC#N)CCCC4)cc1. The van der Waals surface area contributed by atoms with Gasteiger partial charge in [0.15, 0.2) is 4.96 Å². The van der Waals surface area contributed by atoms with Gasteiger partial charge in [0.25, 0.3) is 0 Å². The lowest BCUT2D eigenvalue weighted by Gasteiger charge is -2.12. The highest BCUT2D eigenvalue weighted by atomic mass is 32.1. The summed E-state index contributed by atoms with van der Waals surface area (Å²) in [6, 6.07) is 10.2. The largest absolute Gasteiger partial charge is 0.497 e. The molecule has 4 rings (SSSR count). The van der Waals surface area contributed by atoms with Crippen molar-refractivity contribution in [3.05, 3.63) is 40.5 Å². The van der Waals surface area contributed by atoms with E-state index in [1.807, 2.05) is 24.3 Å². The number of fused-ring (bicyclic) bond motifs is 3. The predicted octanol–water partition coefficient (Wildman–Crippen LogP) is 4.02. The van der Waals surface area contributed by atoms with Crippen molar-refractivity contribution in [2.75, 3.05) is 7.11 Å². The van der Waals surface area contributed by atoms with Crippen LogP contribution in [-0.4, -0.2) is 16.5 Å². The number of benzene rings is 1. The summed E-state index contributed by atoms with van der Waals surface area (Å²) < 4.78 is 7.46. The zero-order chi connectivity index (χ0) is 15.8. The second kappa shape index (κ2) is 5.71. The van der Waals surface area contributed by atoms with Gasteiger partial charge in [-0.3, -0.25) is 4.40 Å². The molecule has 1 aliphatic rings. The normalized spacial score (nSPS) is 13.7. The summed E-state index contributed by atoms with van der Waals surface area (Å²) in [4.78, 5) is 7.32. The number of imidazole rings is 1. The van der Waals surface area contributed by atoms with E-state index in [4.69, 9.17) is 9.72 Å². The average molecular weight is 323 g/mol. The molecule has 0 radical (unpaired) electrons. The molecular formula is C18H17N3OS. The Morgan fingerprint density at radius 1 is 1.26 bits per heavy atom. The number of aromatic nitrogens is 2. The smallest absolute Gasteiger partial charge is 0.194 e. The van der Waals surface area contributed by atoms with Crippen LogP contribution >= 0.6 is 11.3 Å². The molecule has 23 heavy (non-hydrogen) atoms. The minimum absolute atomic E-state index is 0.381. The summed E-state index contributed by atoms with van der Waals surface area (Å²) in [5.41, 5.74) is 4.35. The topological polar surface area (TPSA) is 50.3 Å². The van der Waals surface area contributed by atoms with Crippen LogP contribution in [0.25, 0.3) is 16.2 Å². The van der Waals surface area contributed by atoms with E-state index in [2.05, 4.69) is 10.5 Å². The number of nitrogens with zero attached hydrogens (tertiary/aromatic N) is 3. The lowest BCUT2D eigenvalue weighted by molar-refractivity contribution is 0.415. The minimum Gasteiger partial charge on any atom is -0.497 e. The van der Waals surface area contributed by atoms with E-state index in [0.29, 0.717) is 6.42 Å². The second-order valence-electron chi connectivity index (χ2n) is 5.77. The van der Waals surface area contributed by atoms with Crippen LogP contribution < -0.4 is 4.74 Å². The second-order valence-corrected chi connectivity index (χ2v) is 6.83. The molecule has 2 heterocycles. The van der Waals surface area contributed by atoms with Gasteiger partial charge in [-0.2, -0.15) is 5.26 Å². The Balaban J connectivity index is 1.90. The molecule has 0 aliphatic heterocycles. The van der Waals surface area contributed by atoms with Crippen molar-refractivity contribution < 1.29 is 4.74 Å². The lowest BCUT2D eigenvalue weighted by atomic mass is 10.0. The van der Waals surface area contributed by atoms with Crippen LogP contribution in [0.4, 0.5) is 0 Å². The van der Waals surface area contributed by atoms with Gasteiger partial charge in [-0.25, -0.2) is 4.98 Å². The molecule has 0 amide bonds. The summed E-state index contributed by atoms with van der Waals surface area (Å²) in [5, 5.41) is 9.28. The van der Waals surface area contributed by atoms with Gasteiger partial charge >= 0.3 is 0 Å². The maximum absolute atomic E-state index is 9.28. The summed E-state index contributed by atoms with van der Waals surface area (Å²) in [5.74, 6) is 0.828. The molecule has 0 spiro atoms. The molecule has 0 atom stereocenters. The molecule has 3 aromatic rings. The Morgan fingerprint density at radius 3 is 2.78 bits per heavy atom. The van der Waals surface area contributed by atoms with Crippen molar-refractivity contribution in [2.24, 2.45) is 0 Å². The van der Waals surface area contributed by atoms with Crippen LogP contribution in [-0.2, 0) is 19.3 Å². The van der Waals surface area contributed by atoms with E-state index < -0.39 is 0 Å². The first-order valence-corrected chi connectivity index (χ1v) is 8.66. The van der Waals surface area contributed by atoms with Gasteiger partial charge in [0.2, 0.25) is 0 Å². The molecular weight excluding hydrogens is 306 g/mol. The Bertz CT molecular complexity index is 899. The van der Waals surface area contributed by atoms with E-state index in [1.165, 1.54) is 23.4 Å². The molecule has 1 aliphatic carbocycles. The molecule has 0 fully saturated rings. The number of nitriles is 1. The zero-order valence-electron chi connectivity index (χ0n) is 13.0. The lowest BCUT2D eigenvalue weighted by Crippen LogP contribution is -2.05. The fourth-order valence-electron chi connectivity index (χ4n) is 3.31. The number of thiazole rings is 1. The standard InChI is InChI=1S/C18H17N3OS/c1-22-13-8-6-12(7-9-13)17-15(10-11-19)21-14-4-2-3-5-16(14)23-18(21)20-17/h6-9H,2-5,10H2,1H3. The number of aryl methyl sites for hydroxylation is 2. The molecule has 2 aromatic heterocycles. The first-order valence-electron chi connectivity index (χ1n) is 7.85. The van der Waals surface area contributed by atoms with Crippen LogP contribution in [0.15, 0.2) is 24.3 Å². The summed E-state index contributed by atoms with van der Waals surface area (Å²) in [6.07, 6.45) is 5.10. The fraction of sp³-hybridized carbons (Fsp3) is 0.333. The number of hydrogen-bond donors (Lipinski definition) is 0. The molecule has 116 valence electrons. The zero-order valence-corrected chi connectivity index (χ0v) is 13.8. The number of hydrogen-bond acceptors (Lipinski definition) is 4. The third-order valence-corrected chi connectivity index (χ3v) is 5.57. The average Bonchev–Trinajstić information content (AvgIpc) is 3.12. The van der Waals surface area contributed by atoms with Crippen molar-refractivity contribution in [3.63, 3.8) is 0 Å². The highest BCUT2D eigenvalue weighted by Crippen LogP contribution is 2.35. The van der Waals surface area contributed by atoms with Crippen molar-refractivity contribution in [1.29, 1.82) is 5.26 Å².